The van der Waals surface area contributed by atoms with E-state index >= 15 is 0 Å². The van der Waals surface area contributed by atoms with E-state index in [2.05, 4.69) is 12.6 Å². The Bertz CT molecular complexity index is 142. The highest BCUT2D eigenvalue weighted by molar-refractivity contribution is 7.81. The molecule has 0 aliphatic carbocycles. The lowest BCUT2D eigenvalue weighted by molar-refractivity contribution is -0.869. The molecular formula is C7H16NO2S+. The molecule has 0 aromatic rings. The van der Waals surface area contributed by atoms with Gasteiger partial charge in [-0.2, -0.15) is 12.6 Å². The maximum absolute atomic E-state index is 10.2. The van der Waals surface area contributed by atoms with E-state index in [1.54, 1.807) is 0 Å². The van der Waals surface area contributed by atoms with Crippen LogP contribution in [0.1, 0.15) is 6.42 Å². The van der Waals surface area contributed by atoms with Crippen LogP contribution in [0.5, 0.6) is 0 Å². The number of hydrogen-bond donors (Lipinski definition) is 2. The van der Waals surface area contributed by atoms with Gasteiger partial charge in [0.1, 0.15) is 0 Å². The normalized spacial score (nSPS) is 14.5. The van der Waals surface area contributed by atoms with Crippen LogP contribution < -0.4 is 0 Å². The monoisotopic (exact) mass is 178 g/mol. The summed E-state index contributed by atoms with van der Waals surface area (Å²) in [6.45, 7) is 0.773. The van der Waals surface area contributed by atoms with Crippen LogP contribution >= 0.6 is 12.6 Å². The van der Waals surface area contributed by atoms with Crippen LogP contribution in [0, 0.1) is 0 Å². The van der Waals surface area contributed by atoms with Gasteiger partial charge in [0.15, 0.2) is 0 Å². The summed E-state index contributed by atoms with van der Waals surface area (Å²) in [4.78, 5) is 10.2. The fourth-order valence-corrected chi connectivity index (χ4v) is 1.54. The molecule has 0 heterocycles. The van der Waals surface area contributed by atoms with E-state index in [1.807, 2.05) is 21.1 Å². The zero-order valence-electron chi connectivity index (χ0n) is 7.24. The van der Waals surface area contributed by atoms with Gasteiger partial charge in [-0.25, -0.2) is 0 Å². The first-order chi connectivity index (χ1) is 4.81. The predicted octanol–water partition coefficient (Wildman–Crippen LogP) is 0.466. The fourth-order valence-electron chi connectivity index (χ4n) is 0.898. The van der Waals surface area contributed by atoms with Gasteiger partial charge in [-0.05, 0) is 0 Å². The Kier molecular flexibility index (Phi) is 3.89. The van der Waals surface area contributed by atoms with E-state index in [4.69, 9.17) is 5.11 Å². The largest absolute Gasteiger partial charge is 0.481 e. The van der Waals surface area contributed by atoms with Crippen LogP contribution in [0.4, 0.5) is 0 Å². The predicted molar refractivity (Wildman–Crippen MR) is 47.9 cm³/mol. The molecule has 0 spiro atoms. The first kappa shape index (κ1) is 10.8. The molecule has 0 aliphatic rings. The quantitative estimate of drug-likeness (QED) is 0.485. The molecule has 66 valence electrons. The lowest BCUT2D eigenvalue weighted by Gasteiger charge is -2.26. The van der Waals surface area contributed by atoms with Crippen molar-refractivity contribution in [1.29, 1.82) is 0 Å². The molecule has 4 heteroatoms. The minimum Gasteiger partial charge on any atom is -0.481 e. The highest BCUT2D eigenvalue weighted by Gasteiger charge is 2.16. The Balaban J connectivity index is 3.69. The Morgan fingerprint density at radius 3 is 2.27 bits per heavy atom. The van der Waals surface area contributed by atoms with E-state index in [1.165, 1.54) is 0 Å². The molecule has 0 aromatic carbocycles. The second-order valence-corrected chi connectivity index (χ2v) is 4.45. The van der Waals surface area contributed by atoms with Crippen molar-refractivity contribution in [3.63, 3.8) is 0 Å². The van der Waals surface area contributed by atoms with Crippen molar-refractivity contribution in [3.05, 3.63) is 0 Å². The number of aliphatic carboxylic acids is 1. The molecular weight excluding hydrogens is 162 g/mol. The third-order valence-electron chi connectivity index (χ3n) is 1.17. The molecule has 3 nitrogen and oxygen atoms in total. The number of rotatable bonds is 4. The Morgan fingerprint density at radius 2 is 2.00 bits per heavy atom. The molecule has 0 aromatic heterocycles. The van der Waals surface area contributed by atoms with Gasteiger partial charge in [-0.1, -0.05) is 0 Å². The molecule has 11 heavy (non-hydrogen) atoms. The third kappa shape index (κ3) is 7.68. The summed E-state index contributed by atoms with van der Waals surface area (Å²) in [6.07, 6.45) is 0.138. The minimum absolute atomic E-state index is 0.0486. The second-order valence-electron chi connectivity index (χ2n) is 3.72. The van der Waals surface area contributed by atoms with Gasteiger partial charge in [-0.3, -0.25) is 4.79 Å². The van der Waals surface area contributed by atoms with Gasteiger partial charge in [0.05, 0.1) is 39.4 Å². The lowest BCUT2D eigenvalue weighted by Crippen LogP contribution is -2.40. The number of carboxylic acids is 1. The van der Waals surface area contributed by atoms with Crippen molar-refractivity contribution in [2.45, 2.75) is 11.7 Å². The second kappa shape index (κ2) is 3.97. The first-order valence-electron chi connectivity index (χ1n) is 3.51. The highest BCUT2D eigenvalue weighted by atomic mass is 32.1. The van der Waals surface area contributed by atoms with Crippen molar-refractivity contribution in [3.8, 4) is 0 Å². The summed E-state index contributed by atoms with van der Waals surface area (Å²) in [6, 6.07) is 0. The average Bonchev–Trinajstić information content (AvgIpc) is 1.53. The van der Waals surface area contributed by atoms with E-state index in [0.717, 1.165) is 11.0 Å². The molecule has 0 rings (SSSR count). The zero-order valence-corrected chi connectivity index (χ0v) is 8.14. The number of nitrogens with zero attached hydrogens (tertiary/aromatic N) is 1. The van der Waals surface area contributed by atoms with E-state index in [9.17, 15) is 4.79 Å². The minimum atomic E-state index is -0.779. The van der Waals surface area contributed by atoms with Crippen LogP contribution in [-0.4, -0.2) is 48.5 Å². The first-order valence-corrected chi connectivity index (χ1v) is 4.03. The van der Waals surface area contributed by atoms with Crippen molar-refractivity contribution < 1.29 is 14.4 Å². The molecule has 1 N–H and O–H groups in total. The van der Waals surface area contributed by atoms with Crippen molar-refractivity contribution in [1.82, 2.24) is 0 Å². The van der Waals surface area contributed by atoms with Crippen LogP contribution in [0.25, 0.3) is 0 Å². The lowest BCUT2D eigenvalue weighted by atomic mass is 10.3. The number of carboxylic acid groups (broad SMARTS) is 1. The Hall–Kier alpha value is -0.220. The standard InChI is InChI=1S/C7H15NO2S/c1-8(2,3)5-6(11)4-7(9)10/h6H,4-5H2,1-3H3,(H-,9,10,11)/p+1/t6-/m1/s1. The van der Waals surface area contributed by atoms with Crippen LogP contribution in [0.3, 0.4) is 0 Å². The van der Waals surface area contributed by atoms with Crippen LogP contribution in [0.15, 0.2) is 0 Å². The number of thiol groups is 1. The molecule has 0 aliphatic heterocycles. The number of hydrogen-bond acceptors (Lipinski definition) is 2. The molecule has 0 fully saturated rings. The van der Waals surface area contributed by atoms with Crippen molar-refractivity contribution in [2.75, 3.05) is 27.7 Å². The fraction of sp³-hybridized carbons (Fsp3) is 0.857. The summed E-state index contributed by atoms with van der Waals surface area (Å²) in [5.74, 6) is -0.779. The molecule has 0 saturated carbocycles. The topological polar surface area (TPSA) is 37.3 Å². The maximum Gasteiger partial charge on any atom is 0.304 e. The molecule has 0 radical (unpaired) electrons. The SMILES string of the molecule is C[N+](C)(C)C[C@H](S)CC(=O)O. The summed E-state index contributed by atoms with van der Waals surface area (Å²) >= 11 is 4.17. The molecule has 0 amide bonds. The van der Waals surface area contributed by atoms with Gasteiger partial charge >= 0.3 is 5.97 Å². The molecule has 1 atom stereocenters. The molecule has 0 saturated heterocycles. The molecule has 0 bridgehead atoms. The van der Waals surface area contributed by atoms with Gasteiger partial charge in [0, 0.05) is 0 Å². The Labute approximate surface area is 73.0 Å². The van der Waals surface area contributed by atoms with Crippen LogP contribution in [-0.2, 0) is 4.79 Å². The third-order valence-corrected chi connectivity index (χ3v) is 1.51. The van der Waals surface area contributed by atoms with E-state index in [0.29, 0.717) is 0 Å². The van der Waals surface area contributed by atoms with E-state index < -0.39 is 5.97 Å². The number of quaternary nitrogens is 1. The summed E-state index contributed by atoms with van der Waals surface area (Å²) in [5, 5.41) is 8.38. The zero-order chi connectivity index (χ0) is 9.07. The maximum atomic E-state index is 10.2. The van der Waals surface area contributed by atoms with Crippen LogP contribution in [0.2, 0.25) is 0 Å². The summed E-state index contributed by atoms with van der Waals surface area (Å²) in [5.41, 5.74) is 0. The summed E-state index contributed by atoms with van der Waals surface area (Å²) in [7, 11) is 6.06. The van der Waals surface area contributed by atoms with E-state index in [-0.39, 0.29) is 11.7 Å². The van der Waals surface area contributed by atoms with Crippen molar-refractivity contribution >= 4 is 18.6 Å². The average molecular weight is 178 g/mol. The van der Waals surface area contributed by atoms with Crippen molar-refractivity contribution in [2.24, 2.45) is 0 Å². The summed E-state index contributed by atoms with van der Waals surface area (Å²) < 4.78 is 0.751. The van der Waals surface area contributed by atoms with Gasteiger partial charge in [0.25, 0.3) is 0 Å². The van der Waals surface area contributed by atoms with Gasteiger partial charge < -0.3 is 9.59 Å². The molecule has 0 unspecified atom stereocenters. The smallest absolute Gasteiger partial charge is 0.304 e. The van der Waals surface area contributed by atoms with Gasteiger partial charge in [-0.15, -0.1) is 0 Å². The van der Waals surface area contributed by atoms with Gasteiger partial charge in [0.2, 0.25) is 0 Å². The highest BCUT2D eigenvalue weighted by Crippen LogP contribution is 2.05. The number of carbonyl (C=O) groups is 1. The Morgan fingerprint density at radius 1 is 1.55 bits per heavy atom.